The van der Waals surface area contributed by atoms with Crippen LogP contribution in [0.4, 0.5) is 0 Å². The van der Waals surface area contributed by atoms with Gasteiger partial charge < -0.3 is 0 Å². The third-order valence-electron chi connectivity index (χ3n) is 3.16. The number of fused-ring (bicyclic) bond motifs is 2. The largest absolute Gasteiger partial charge is 0.344 e. The summed E-state index contributed by atoms with van der Waals surface area (Å²) >= 11 is 18.0. The van der Waals surface area contributed by atoms with E-state index in [0.29, 0.717) is 5.54 Å². The Bertz CT molecular complexity index is 166. The number of halogens is 3. The topological polar surface area (TPSA) is 0 Å². The summed E-state index contributed by atoms with van der Waals surface area (Å²) in [6.45, 7) is 0. The lowest BCUT2D eigenvalue weighted by molar-refractivity contribution is 0.477. The van der Waals surface area contributed by atoms with E-state index in [4.69, 9.17) is 33.2 Å². The predicted molar refractivity (Wildman–Crippen MR) is 52.5 cm³/mol. The molecule has 64 valence electrons. The molecule has 0 spiro atoms. The highest BCUT2D eigenvalue weighted by Gasteiger charge is 2.50. The van der Waals surface area contributed by atoms with Gasteiger partial charge in [-0.05, 0) is 30.2 Å². The van der Waals surface area contributed by atoms with Crippen LogP contribution in [0.1, 0.15) is 25.7 Å². The Morgan fingerprint density at radius 1 is 1.00 bits per heavy atom. The minimum Gasteiger partial charge on any atom is -0.126 e. The lowest BCUT2D eigenvalue weighted by atomic mass is 10.0. The van der Waals surface area contributed by atoms with Gasteiger partial charge in [0.1, 0.15) is 0 Å². The summed E-state index contributed by atoms with van der Waals surface area (Å²) < 4.78 is 0. The average Bonchev–Trinajstić information content (AvgIpc) is 2.42. The summed E-state index contributed by atoms with van der Waals surface area (Å²) in [5.74, 6) is 1.66. The Kier molecular flexibility index (Phi) is 2.20. The maximum absolute atomic E-state index is 6.00. The van der Waals surface area contributed by atoms with Crippen molar-refractivity contribution >= 4 is 39.2 Å². The van der Waals surface area contributed by atoms with Crippen molar-refractivity contribution < 1.29 is 0 Å². The fourth-order valence-electron chi connectivity index (χ4n) is 2.65. The van der Waals surface area contributed by atoms with Gasteiger partial charge >= 0.3 is 6.00 Å². The van der Waals surface area contributed by atoms with E-state index in [1.165, 1.54) is 25.7 Å². The first-order valence-corrected chi connectivity index (χ1v) is 9.25. The smallest absolute Gasteiger partial charge is 0.126 e. The van der Waals surface area contributed by atoms with Crippen LogP contribution in [0.25, 0.3) is 0 Å². The molecular formula is C7H11Cl3Si. The number of hydrogen-bond donors (Lipinski definition) is 0. The molecule has 0 heterocycles. The van der Waals surface area contributed by atoms with E-state index in [1.807, 2.05) is 0 Å². The van der Waals surface area contributed by atoms with Crippen molar-refractivity contribution in [1.82, 2.24) is 0 Å². The molecule has 0 unspecified atom stereocenters. The van der Waals surface area contributed by atoms with Crippen LogP contribution in [0, 0.1) is 11.8 Å². The van der Waals surface area contributed by atoms with Crippen molar-refractivity contribution in [2.75, 3.05) is 0 Å². The van der Waals surface area contributed by atoms with Crippen molar-refractivity contribution in [3.05, 3.63) is 0 Å². The molecular weight excluding hydrogens is 219 g/mol. The van der Waals surface area contributed by atoms with Crippen LogP contribution in [0.2, 0.25) is 5.54 Å². The Balaban J connectivity index is 2.08. The van der Waals surface area contributed by atoms with Crippen molar-refractivity contribution in [2.45, 2.75) is 31.2 Å². The van der Waals surface area contributed by atoms with Crippen LogP contribution < -0.4 is 0 Å². The average molecular weight is 230 g/mol. The van der Waals surface area contributed by atoms with Crippen LogP contribution >= 0.6 is 33.2 Å². The second-order valence-corrected chi connectivity index (χ2v) is 12.8. The highest BCUT2D eigenvalue weighted by molar-refractivity contribution is 7.65. The van der Waals surface area contributed by atoms with Crippen molar-refractivity contribution in [2.24, 2.45) is 11.8 Å². The summed E-state index contributed by atoms with van der Waals surface area (Å²) in [4.78, 5) is 0. The van der Waals surface area contributed by atoms with E-state index < -0.39 is 6.00 Å². The molecule has 0 aromatic rings. The van der Waals surface area contributed by atoms with Gasteiger partial charge in [0, 0.05) is 0 Å². The van der Waals surface area contributed by atoms with Gasteiger partial charge in [0.15, 0.2) is 0 Å². The summed E-state index contributed by atoms with van der Waals surface area (Å²) in [5, 5.41) is 0. The quantitative estimate of drug-likeness (QED) is 0.474. The molecule has 4 heteroatoms. The van der Waals surface area contributed by atoms with Gasteiger partial charge in [-0.15, -0.1) is 33.2 Å². The second-order valence-electron chi connectivity index (χ2n) is 3.82. The minimum absolute atomic E-state index is 0.478. The molecule has 0 nitrogen and oxygen atoms in total. The first-order valence-electron chi connectivity index (χ1n) is 4.14. The normalized spacial score (nSPS) is 43.4. The summed E-state index contributed by atoms with van der Waals surface area (Å²) in [6, 6.07) is -2.36. The Morgan fingerprint density at radius 3 is 2.00 bits per heavy atom. The zero-order valence-electron chi connectivity index (χ0n) is 6.19. The molecule has 0 radical (unpaired) electrons. The fourth-order valence-corrected chi connectivity index (χ4v) is 6.49. The molecule has 2 rings (SSSR count). The van der Waals surface area contributed by atoms with Crippen molar-refractivity contribution in [3.63, 3.8) is 0 Å². The minimum atomic E-state index is -2.36. The highest BCUT2D eigenvalue weighted by atomic mass is 35.8. The highest BCUT2D eigenvalue weighted by Crippen LogP contribution is 2.58. The van der Waals surface area contributed by atoms with Gasteiger partial charge in [-0.3, -0.25) is 0 Å². The van der Waals surface area contributed by atoms with E-state index in [9.17, 15) is 0 Å². The van der Waals surface area contributed by atoms with Crippen LogP contribution in [0.15, 0.2) is 0 Å². The first kappa shape index (κ1) is 8.67. The number of hydrogen-bond acceptors (Lipinski definition) is 0. The number of rotatable bonds is 1. The molecule has 2 bridgehead atoms. The molecule has 0 aromatic heterocycles. The molecule has 2 aliphatic carbocycles. The van der Waals surface area contributed by atoms with Gasteiger partial charge in [0.2, 0.25) is 0 Å². The Morgan fingerprint density at radius 2 is 1.73 bits per heavy atom. The maximum atomic E-state index is 6.00. The fraction of sp³-hybridized carbons (Fsp3) is 1.00. The summed E-state index contributed by atoms with van der Waals surface area (Å²) in [5.41, 5.74) is 0.478. The van der Waals surface area contributed by atoms with E-state index in [1.54, 1.807) is 0 Å². The standard InChI is InChI=1S/C7H11Cl3Si/c8-11(9,10)7-4-5-1-2-6(7)3-5/h5-7H,1-4H2/t5-,6-,7-/m0/s1. The van der Waals surface area contributed by atoms with Crippen LogP contribution in [-0.2, 0) is 0 Å². The zero-order valence-corrected chi connectivity index (χ0v) is 9.46. The van der Waals surface area contributed by atoms with Crippen molar-refractivity contribution in [1.29, 1.82) is 0 Å². The Hall–Kier alpha value is 1.09. The lowest BCUT2D eigenvalue weighted by Gasteiger charge is -2.25. The molecule has 0 aromatic carbocycles. The van der Waals surface area contributed by atoms with Gasteiger partial charge in [0.25, 0.3) is 0 Å². The van der Waals surface area contributed by atoms with Gasteiger partial charge in [-0.25, -0.2) is 0 Å². The molecule has 2 saturated carbocycles. The van der Waals surface area contributed by atoms with E-state index in [-0.39, 0.29) is 0 Å². The second kappa shape index (κ2) is 2.80. The summed E-state index contributed by atoms with van der Waals surface area (Å²) in [7, 11) is 0. The SMILES string of the molecule is Cl[Si](Cl)(Cl)[C@H]1C[C@H]2CC[C@H]1C2. The lowest BCUT2D eigenvalue weighted by Crippen LogP contribution is -2.24. The molecule has 0 saturated heterocycles. The monoisotopic (exact) mass is 228 g/mol. The Labute approximate surface area is 82.3 Å². The van der Waals surface area contributed by atoms with E-state index in [0.717, 1.165) is 11.8 Å². The first-order chi connectivity index (χ1) is 5.07. The van der Waals surface area contributed by atoms with Crippen LogP contribution in [0.3, 0.4) is 0 Å². The van der Waals surface area contributed by atoms with Crippen molar-refractivity contribution in [3.8, 4) is 0 Å². The molecule has 0 amide bonds. The predicted octanol–water partition coefficient (Wildman–Crippen LogP) is 3.83. The third-order valence-corrected chi connectivity index (χ3v) is 7.23. The third kappa shape index (κ3) is 1.58. The van der Waals surface area contributed by atoms with Crippen LogP contribution in [-0.4, -0.2) is 6.00 Å². The van der Waals surface area contributed by atoms with Gasteiger partial charge in [-0.1, -0.05) is 12.8 Å². The molecule has 2 aliphatic rings. The maximum Gasteiger partial charge on any atom is 0.344 e. The van der Waals surface area contributed by atoms with E-state index >= 15 is 0 Å². The van der Waals surface area contributed by atoms with E-state index in [2.05, 4.69) is 0 Å². The van der Waals surface area contributed by atoms with Crippen LogP contribution in [0.5, 0.6) is 0 Å². The zero-order chi connectivity index (χ0) is 8.06. The molecule has 2 fully saturated rings. The van der Waals surface area contributed by atoms with Gasteiger partial charge in [0.05, 0.1) is 0 Å². The van der Waals surface area contributed by atoms with Gasteiger partial charge in [-0.2, -0.15) is 0 Å². The molecule has 3 atom stereocenters. The summed E-state index contributed by atoms with van der Waals surface area (Å²) in [6.07, 6.45) is 5.24. The molecule has 0 N–H and O–H groups in total. The molecule has 11 heavy (non-hydrogen) atoms. The molecule has 0 aliphatic heterocycles.